The lowest BCUT2D eigenvalue weighted by Gasteiger charge is -2.19. The van der Waals surface area contributed by atoms with Gasteiger partial charge < -0.3 is 10.5 Å². The zero-order valence-corrected chi connectivity index (χ0v) is 12.0. The number of hydrogen-bond acceptors (Lipinski definition) is 3. The number of ether oxygens (including phenoxy) is 1. The van der Waals surface area contributed by atoms with Crippen molar-refractivity contribution in [1.82, 2.24) is 0 Å². The first-order chi connectivity index (χ1) is 8.31. The number of primary amides is 1. The molecule has 0 heterocycles. The van der Waals surface area contributed by atoms with E-state index in [2.05, 4.69) is 0 Å². The van der Waals surface area contributed by atoms with Gasteiger partial charge in [-0.1, -0.05) is 25.7 Å². The predicted octanol–water partition coefficient (Wildman–Crippen LogP) is 2.93. The van der Waals surface area contributed by atoms with E-state index in [0.717, 1.165) is 38.5 Å². The maximum Gasteiger partial charge on any atom is 0.306 e. The fourth-order valence-electron chi connectivity index (χ4n) is 1.67. The normalized spacial score (nSPS) is 11.3. The van der Waals surface area contributed by atoms with Crippen molar-refractivity contribution in [2.75, 3.05) is 0 Å². The van der Waals surface area contributed by atoms with E-state index in [-0.39, 0.29) is 17.5 Å². The van der Waals surface area contributed by atoms with Crippen molar-refractivity contribution in [3.05, 3.63) is 0 Å². The fraction of sp³-hybridized carbons (Fsp3) is 0.857. The van der Waals surface area contributed by atoms with Crippen LogP contribution in [0.5, 0.6) is 0 Å². The SMILES string of the molecule is CC(C)(C)OC(=O)CCCCCCCCC(N)=O. The zero-order valence-electron chi connectivity index (χ0n) is 12.0. The Kier molecular flexibility index (Phi) is 8.42. The first kappa shape index (κ1) is 16.9. The summed E-state index contributed by atoms with van der Waals surface area (Å²) in [7, 11) is 0. The highest BCUT2D eigenvalue weighted by Gasteiger charge is 2.15. The maximum absolute atomic E-state index is 11.4. The molecule has 0 unspecified atom stereocenters. The van der Waals surface area contributed by atoms with Crippen LogP contribution in [-0.2, 0) is 14.3 Å². The number of rotatable bonds is 9. The molecule has 1 amide bonds. The van der Waals surface area contributed by atoms with Gasteiger partial charge in [0.2, 0.25) is 5.91 Å². The van der Waals surface area contributed by atoms with Crippen molar-refractivity contribution in [2.24, 2.45) is 5.73 Å². The molecule has 0 fully saturated rings. The van der Waals surface area contributed by atoms with Crippen molar-refractivity contribution in [1.29, 1.82) is 0 Å². The van der Waals surface area contributed by atoms with Crippen molar-refractivity contribution in [3.63, 3.8) is 0 Å². The second-order valence-corrected chi connectivity index (χ2v) is 5.67. The molecule has 106 valence electrons. The average molecular weight is 257 g/mol. The summed E-state index contributed by atoms with van der Waals surface area (Å²) in [6.07, 6.45) is 7.01. The summed E-state index contributed by atoms with van der Waals surface area (Å²) in [5, 5.41) is 0. The molecule has 0 bridgehead atoms. The number of carbonyl (C=O) groups excluding carboxylic acids is 2. The molecule has 0 radical (unpaired) electrons. The molecule has 0 aromatic carbocycles. The number of nitrogens with two attached hydrogens (primary N) is 1. The Morgan fingerprint density at radius 1 is 0.889 bits per heavy atom. The quantitative estimate of drug-likeness (QED) is 0.510. The second kappa shape index (κ2) is 8.95. The molecule has 0 spiro atoms. The Morgan fingerprint density at radius 2 is 1.33 bits per heavy atom. The fourth-order valence-corrected chi connectivity index (χ4v) is 1.67. The van der Waals surface area contributed by atoms with Crippen LogP contribution in [0.1, 0.15) is 72.1 Å². The highest BCUT2D eigenvalue weighted by molar-refractivity contribution is 5.73. The molecular formula is C14H27NO3. The van der Waals surface area contributed by atoms with Gasteiger partial charge >= 0.3 is 5.97 Å². The minimum Gasteiger partial charge on any atom is -0.460 e. The lowest BCUT2D eigenvalue weighted by atomic mass is 10.1. The second-order valence-electron chi connectivity index (χ2n) is 5.67. The summed E-state index contributed by atoms with van der Waals surface area (Å²) in [4.78, 5) is 21.9. The van der Waals surface area contributed by atoms with Crippen LogP contribution < -0.4 is 5.73 Å². The third kappa shape index (κ3) is 13.0. The Labute approximate surface area is 110 Å². The first-order valence-electron chi connectivity index (χ1n) is 6.81. The molecule has 0 rings (SSSR count). The number of unbranched alkanes of at least 4 members (excludes halogenated alkanes) is 5. The lowest BCUT2D eigenvalue weighted by Crippen LogP contribution is -2.23. The van der Waals surface area contributed by atoms with E-state index in [1.54, 1.807) is 0 Å². The molecule has 0 saturated carbocycles. The third-order valence-corrected chi connectivity index (χ3v) is 2.47. The Bertz CT molecular complexity index is 256. The van der Waals surface area contributed by atoms with Gasteiger partial charge in [0.25, 0.3) is 0 Å². The van der Waals surface area contributed by atoms with E-state index in [4.69, 9.17) is 10.5 Å². The van der Waals surface area contributed by atoms with Crippen LogP contribution in [0.25, 0.3) is 0 Å². The van der Waals surface area contributed by atoms with Crippen LogP contribution in [-0.4, -0.2) is 17.5 Å². The van der Waals surface area contributed by atoms with Gasteiger partial charge in [-0.2, -0.15) is 0 Å². The van der Waals surface area contributed by atoms with Gasteiger partial charge in [0.1, 0.15) is 5.60 Å². The van der Waals surface area contributed by atoms with E-state index in [1.807, 2.05) is 20.8 Å². The van der Waals surface area contributed by atoms with Crippen molar-refractivity contribution in [2.45, 2.75) is 77.7 Å². The molecule has 4 heteroatoms. The number of carbonyl (C=O) groups is 2. The lowest BCUT2D eigenvalue weighted by molar-refractivity contribution is -0.154. The van der Waals surface area contributed by atoms with Gasteiger partial charge in [-0.15, -0.1) is 0 Å². The van der Waals surface area contributed by atoms with Gasteiger partial charge in [-0.3, -0.25) is 9.59 Å². The summed E-state index contributed by atoms with van der Waals surface area (Å²) >= 11 is 0. The van der Waals surface area contributed by atoms with E-state index in [0.29, 0.717) is 12.8 Å². The van der Waals surface area contributed by atoms with Gasteiger partial charge in [0.05, 0.1) is 0 Å². The van der Waals surface area contributed by atoms with Crippen molar-refractivity contribution >= 4 is 11.9 Å². The van der Waals surface area contributed by atoms with Crippen molar-refractivity contribution in [3.8, 4) is 0 Å². The van der Waals surface area contributed by atoms with Gasteiger partial charge in [0.15, 0.2) is 0 Å². The third-order valence-electron chi connectivity index (χ3n) is 2.47. The van der Waals surface area contributed by atoms with Gasteiger partial charge in [-0.05, 0) is 33.6 Å². The maximum atomic E-state index is 11.4. The molecule has 0 aromatic rings. The number of amides is 1. The van der Waals surface area contributed by atoms with Crippen LogP contribution in [0.4, 0.5) is 0 Å². The molecule has 0 aliphatic carbocycles. The topological polar surface area (TPSA) is 69.4 Å². The summed E-state index contributed by atoms with van der Waals surface area (Å²) in [5.41, 5.74) is 4.67. The minimum absolute atomic E-state index is 0.115. The molecule has 2 N–H and O–H groups in total. The number of esters is 1. The minimum atomic E-state index is -0.383. The molecule has 18 heavy (non-hydrogen) atoms. The summed E-state index contributed by atoms with van der Waals surface area (Å²) < 4.78 is 5.22. The van der Waals surface area contributed by atoms with E-state index in [9.17, 15) is 9.59 Å². The molecule has 0 aromatic heterocycles. The highest BCUT2D eigenvalue weighted by atomic mass is 16.6. The molecule has 0 saturated heterocycles. The molecule has 0 aliphatic rings. The molecule has 0 atom stereocenters. The highest BCUT2D eigenvalue weighted by Crippen LogP contribution is 2.12. The Hall–Kier alpha value is -1.06. The van der Waals surface area contributed by atoms with Crippen LogP contribution in [0.15, 0.2) is 0 Å². The van der Waals surface area contributed by atoms with E-state index in [1.165, 1.54) is 0 Å². The first-order valence-corrected chi connectivity index (χ1v) is 6.81. The van der Waals surface area contributed by atoms with Crippen LogP contribution in [0.2, 0.25) is 0 Å². The molecular weight excluding hydrogens is 230 g/mol. The average Bonchev–Trinajstić information content (AvgIpc) is 2.18. The van der Waals surface area contributed by atoms with E-state index >= 15 is 0 Å². The van der Waals surface area contributed by atoms with Gasteiger partial charge in [0, 0.05) is 12.8 Å². The van der Waals surface area contributed by atoms with Gasteiger partial charge in [-0.25, -0.2) is 0 Å². The predicted molar refractivity (Wildman–Crippen MR) is 72.0 cm³/mol. The molecule has 0 aliphatic heterocycles. The summed E-state index contributed by atoms with van der Waals surface area (Å²) in [6.45, 7) is 5.64. The largest absolute Gasteiger partial charge is 0.460 e. The van der Waals surface area contributed by atoms with Crippen LogP contribution in [0.3, 0.4) is 0 Å². The summed E-state index contributed by atoms with van der Waals surface area (Å²) in [6, 6.07) is 0. The van der Waals surface area contributed by atoms with Crippen molar-refractivity contribution < 1.29 is 14.3 Å². The monoisotopic (exact) mass is 257 g/mol. The molecule has 4 nitrogen and oxygen atoms in total. The van der Waals surface area contributed by atoms with Crippen LogP contribution >= 0.6 is 0 Å². The smallest absolute Gasteiger partial charge is 0.306 e. The Balaban J connectivity index is 3.30. The zero-order chi connectivity index (χ0) is 14.0. The standard InChI is InChI=1S/C14H27NO3/c1-14(2,3)18-13(17)11-9-7-5-4-6-8-10-12(15)16/h4-11H2,1-3H3,(H2,15,16). The Morgan fingerprint density at radius 3 is 1.78 bits per heavy atom. The summed E-state index contributed by atoms with van der Waals surface area (Å²) in [5.74, 6) is -0.337. The number of hydrogen-bond donors (Lipinski definition) is 1. The van der Waals surface area contributed by atoms with Crippen LogP contribution in [0, 0.1) is 0 Å². The van der Waals surface area contributed by atoms with E-state index < -0.39 is 0 Å².